The topological polar surface area (TPSA) is 32.3 Å². The lowest BCUT2D eigenvalue weighted by atomic mass is 9.88. The first-order valence-corrected chi connectivity index (χ1v) is 11.3. The summed E-state index contributed by atoms with van der Waals surface area (Å²) in [5.74, 6) is 0.188. The number of nitrogens with zero attached hydrogens (tertiary/aromatic N) is 1. The Morgan fingerprint density at radius 1 is 0.897 bits per heavy atom. The van der Waals surface area contributed by atoms with Crippen LogP contribution >= 0.6 is 11.3 Å². The van der Waals surface area contributed by atoms with E-state index in [1.807, 2.05) is 36.4 Å². The van der Waals surface area contributed by atoms with E-state index in [9.17, 15) is 4.79 Å². The maximum Gasteiger partial charge on any atom is 0.221 e. The van der Waals surface area contributed by atoms with E-state index in [-0.39, 0.29) is 17.9 Å². The molecule has 1 fully saturated rings. The van der Waals surface area contributed by atoms with E-state index in [1.54, 1.807) is 11.3 Å². The molecule has 2 aromatic carbocycles. The average molecular weight is 405 g/mol. The number of carbonyl (C=O) groups excluding carboxylic acids is 1. The van der Waals surface area contributed by atoms with Crippen molar-refractivity contribution in [2.45, 2.75) is 31.2 Å². The molecule has 1 aliphatic heterocycles. The van der Waals surface area contributed by atoms with Gasteiger partial charge in [-0.1, -0.05) is 66.7 Å². The van der Waals surface area contributed by atoms with E-state index < -0.39 is 0 Å². The molecule has 150 valence electrons. The summed E-state index contributed by atoms with van der Waals surface area (Å²) in [6.07, 6.45) is 2.96. The molecule has 0 radical (unpaired) electrons. The first-order chi connectivity index (χ1) is 14.3. The van der Waals surface area contributed by atoms with Crippen LogP contribution in [0.4, 0.5) is 0 Å². The molecule has 3 aromatic rings. The molecule has 2 heterocycles. The minimum absolute atomic E-state index is 0.0735. The smallest absolute Gasteiger partial charge is 0.221 e. The van der Waals surface area contributed by atoms with Crippen LogP contribution in [-0.4, -0.2) is 30.4 Å². The molecule has 29 heavy (non-hydrogen) atoms. The van der Waals surface area contributed by atoms with Gasteiger partial charge in [0.25, 0.3) is 0 Å². The molecule has 0 bridgehead atoms. The van der Waals surface area contributed by atoms with Crippen molar-refractivity contribution in [3.05, 3.63) is 94.2 Å². The molecule has 0 aliphatic carbocycles. The summed E-state index contributed by atoms with van der Waals surface area (Å²) in [5, 5.41) is 5.37. The quantitative estimate of drug-likeness (QED) is 0.558. The van der Waals surface area contributed by atoms with E-state index in [0.717, 1.165) is 13.1 Å². The third-order valence-corrected chi connectivity index (χ3v) is 6.71. The predicted molar refractivity (Wildman–Crippen MR) is 120 cm³/mol. The van der Waals surface area contributed by atoms with Crippen LogP contribution in [0.2, 0.25) is 0 Å². The standard InChI is InChI=1S/C25H28N2OS/c28-25(26-19-23(24-14-9-17-29-24)27-15-7-8-16-27)18-22(20-10-3-1-4-11-20)21-12-5-2-6-13-21/h1-6,9-14,17,22-23H,7-8,15-16,18-19H2,(H,26,28). The van der Waals surface area contributed by atoms with Gasteiger partial charge in [0.05, 0.1) is 6.04 Å². The van der Waals surface area contributed by atoms with Gasteiger partial charge in [0.1, 0.15) is 0 Å². The van der Waals surface area contributed by atoms with Crippen LogP contribution < -0.4 is 5.32 Å². The van der Waals surface area contributed by atoms with Gasteiger partial charge in [-0.2, -0.15) is 0 Å². The first-order valence-electron chi connectivity index (χ1n) is 10.5. The van der Waals surface area contributed by atoms with Crippen molar-refractivity contribution in [1.29, 1.82) is 0 Å². The van der Waals surface area contributed by atoms with Crippen LogP contribution in [0, 0.1) is 0 Å². The zero-order valence-corrected chi connectivity index (χ0v) is 17.5. The van der Waals surface area contributed by atoms with Crippen molar-refractivity contribution in [1.82, 2.24) is 10.2 Å². The highest BCUT2D eigenvalue weighted by molar-refractivity contribution is 7.10. The minimum Gasteiger partial charge on any atom is -0.354 e. The van der Waals surface area contributed by atoms with Crippen LogP contribution in [0.5, 0.6) is 0 Å². The van der Waals surface area contributed by atoms with Gasteiger partial charge in [-0.25, -0.2) is 0 Å². The van der Waals surface area contributed by atoms with Gasteiger partial charge in [0.2, 0.25) is 5.91 Å². The summed E-state index contributed by atoms with van der Waals surface area (Å²) in [4.78, 5) is 16.8. The Kier molecular flexibility index (Phi) is 6.75. The zero-order valence-electron chi connectivity index (χ0n) is 16.7. The second-order valence-electron chi connectivity index (χ2n) is 7.66. The maximum absolute atomic E-state index is 13.0. The molecule has 1 atom stereocenters. The number of rotatable bonds is 8. The van der Waals surface area contributed by atoms with Gasteiger partial charge in [-0.05, 0) is 48.5 Å². The molecule has 3 nitrogen and oxygen atoms in total. The lowest BCUT2D eigenvalue weighted by Gasteiger charge is -2.27. The minimum atomic E-state index is 0.0735. The molecular formula is C25H28N2OS. The lowest BCUT2D eigenvalue weighted by Crippen LogP contribution is -2.36. The Labute approximate surface area is 177 Å². The van der Waals surface area contributed by atoms with Gasteiger partial charge in [-0.15, -0.1) is 11.3 Å². The van der Waals surface area contributed by atoms with Crippen LogP contribution in [0.25, 0.3) is 0 Å². The Morgan fingerprint density at radius 3 is 2.07 bits per heavy atom. The SMILES string of the molecule is O=C(CC(c1ccccc1)c1ccccc1)NCC(c1cccs1)N1CCCC1. The fourth-order valence-corrected chi connectivity index (χ4v) is 5.07. The first kappa shape index (κ1) is 19.9. The van der Waals surface area contributed by atoms with E-state index in [2.05, 4.69) is 52.0 Å². The van der Waals surface area contributed by atoms with E-state index in [4.69, 9.17) is 0 Å². The summed E-state index contributed by atoms with van der Waals surface area (Å²) in [7, 11) is 0. The van der Waals surface area contributed by atoms with Crippen molar-refractivity contribution in [2.24, 2.45) is 0 Å². The summed E-state index contributed by atoms with van der Waals surface area (Å²) in [5.41, 5.74) is 2.37. The lowest BCUT2D eigenvalue weighted by molar-refractivity contribution is -0.121. The molecule has 1 aromatic heterocycles. The summed E-state index contributed by atoms with van der Waals surface area (Å²) in [6, 6.07) is 25.3. The van der Waals surface area contributed by atoms with Gasteiger partial charge >= 0.3 is 0 Å². The number of carbonyl (C=O) groups is 1. The summed E-state index contributed by atoms with van der Waals surface area (Å²) in [6.45, 7) is 2.92. The van der Waals surface area contributed by atoms with Crippen molar-refractivity contribution in [2.75, 3.05) is 19.6 Å². The predicted octanol–water partition coefficient (Wildman–Crippen LogP) is 5.22. The number of hydrogen-bond donors (Lipinski definition) is 1. The maximum atomic E-state index is 13.0. The number of nitrogens with one attached hydrogen (secondary N) is 1. The average Bonchev–Trinajstić information content (AvgIpc) is 3.48. The molecule has 0 saturated carbocycles. The number of benzene rings is 2. The zero-order chi connectivity index (χ0) is 19.9. The summed E-state index contributed by atoms with van der Waals surface area (Å²) >= 11 is 1.78. The highest BCUT2D eigenvalue weighted by Crippen LogP contribution is 2.29. The third-order valence-electron chi connectivity index (χ3n) is 5.74. The van der Waals surface area contributed by atoms with Gasteiger partial charge in [0, 0.05) is 23.8 Å². The number of thiophene rings is 1. The summed E-state index contributed by atoms with van der Waals surface area (Å²) < 4.78 is 0. The molecule has 4 rings (SSSR count). The van der Waals surface area contributed by atoms with Crippen LogP contribution in [-0.2, 0) is 4.79 Å². The van der Waals surface area contributed by atoms with Crippen molar-refractivity contribution in [3.8, 4) is 0 Å². The number of amides is 1. The molecule has 1 unspecified atom stereocenters. The number of hydrogen-bond acceptors (Lipinski definition) is 3. The van der Waals surface area contributed by atoms with E-state index >= 15 is 0 Å². The van der Waals surface area contributed by atoms with E-state index in [0.29, 0.717) is 13.0 Å². The molecule has 1 amide bonds. The molecule has 4 heteroatoms. The van der Waals surface area contributed by atoms with Crippen molar-refractivity contribution < 1.29 is 4.79 Å². The molecule has 1 saturated heterocycles. The van der Waals surface area contributed by atoms with Crippen molar-refractivity contribution in [3.63, 3.8) is 0 Å². The fourth-order valence-electron chi connectivity index (χ4n) is 4.21. The Bertz CT molecular complexity index is 834. The largest absolute Gasteiger partial charge is 0.354 e. The van der Waals surface area contributed by atoms with Crippen LogP contribution in [0.1, 0.15) is 47.2 Å². The fraction of sp³-hybridized carbons (Fsp3) is 0.320. The third kappa shape index (κ3) is 5.14. The second-order valence-corrected chi connectivity index (χ2v) is 8.64. The Hall–Kier alpha value is -2.43. The van der Waals surface area contributed by atoms with E-state index in [1.165, 1.54) is 28.8 Å². The van der Waals surface area contributed by atoms with Gasteiger partial charge in [0.15, 0.2) is 0 Å². The molecule has 1 N–H and O–H groups in total. The normalized spacial score (nSPS) is 15.5. The monoisotopic (exact) mass is 404 g/mol. The molecule has 1 aliphatic rings. The number of likely N-dealkylation sites (tertiary alicyclic amines) is 1. The van der Waals surface area contributed by atoms with Gasteiger partial charge in [-0.3, -0.25) is 9.69 Å². The highest BCUT2D eigenvalue weighted by atomic mass is 32.1. The van der Waals surface area contributed by atoms with Crippen LogP contribution in [0.15, 0.2) is 78.2 Å². The molecule has 0 spiro atoms. The second kappa shape index (κ2) is 9.86. The highest BCUT2D eigenvalue weighted by Gasteiger charge is 2.25. The Balaban J connectivity index is 1.45. The Morgan fingerprint density at radius 2 is 1.52 bits per heavy atom. The van der Waals surface area contributed by atoms with Crippen molar-refractivity contribution >= 4 is 17.2 Å². The van der Waals surface area contributed by atoms with Gasteiger partial charge < -0.3 is 5.32 Å². The van der Waals surface area contributed by atoms with Crippen LogP contribution in [0.3, 0.4) is 0 Å². The molecular weight excluding hydrogens is 376 g/mol.